The summed E-state index contributed by atoms with van der Waals surface area (Å²) in [6.45, 7) is 2.46. The third kappa shape index (κ3) is 10.9. The highest BCUT2D eigenvalue weighted by atomic mass is 16.5. The van der Waals surface area contributed by atoms with Gasteiger partial charge in [-0.15, -0.1) is 0 Å². The molecule has 0 aliphatic heterocycles. The molecule has 0 saturated heterocycles. The Kier molecular flexibility index (Phi) is 8.82. The third-order valence-corrected chi connectivity index (χ3v) is 1.99. The van der Waals surface area contributed by atoms with Crippen LogP contribution in [0.5, 0.6) is 0 Å². The van der Waals surface area contributed by atoms with Crippen molar-refractivity contribution in [2.75, 3.05) is 6.61 Å². The molecular weight excluding hydrogens is 196 g/mol. The van der Waals surface area contributed by atoms with Crippen molar-refractivity contribution in [3.05, 3.63) is 0 Å². The smallest absolute Gasteiger partial charge is 0.305 e. The van der Waals surface area contributed by atoms with Crippen LogP contribution in [0.2, 0.25) is 0 Å². The predicted molar refractivity (Wildman–Crippen MR) is 56.6 cm³/mol. The lowest BCUT2D eigenvalue weighted by Gasteiger charge is -2.02. The first kappa shape index (κ1) is 13.9. The summed E-state index contributed by atoms with van der Waals surface area (Å²) in [7, 11) is 0. The second-order valence-corrected chi connectivity index (χ2v) is 3.53. The lowest BCUT2D eigenvalue weighted by molar-refractivity contribution is -0.144. The Morgan fingerprint density at radius 3 is 2.20 bits per heavy atom. The van der Waals surface area contributed by atoms with Crippen molar-refractivity contribution in [3.63, 3.8) is 0 Å². The molecule has 0 atom stereocenters. The minimum Gasteiger partial charge on any atom is -0.481 e. The molecule has 0 aliphatic carbocycles. The largest absolute Gasteiger partial charge is 0.481 e. The lowest BCUT2D eigenvalue weighted by atomic mass is 10.1. The number of esters is 1. The molecule has 4 heteroatoms. The molecule has 0 aliphatic rings. The number of carbonyl (C=O) groups is 2. The van der Waals surface area contributed by atoms with Crippen LogP contribution in [0.25, 0.3) is 0 Å². The molecular formula is C11H20O4. The molecule has 1 N–H and O–H groups in total. The highest BCUT2D eigenvalue weighted by Gasteiger charge is 2.02. The number of hydrogen-bond acceptors (Lipinski definition) is 3. The van der Waals surface area contributed by atoms with Gasteiger partial charge in [-0.25, -0.2) is 0 Å². The van der Waals surface area contributed by atoms with Gasteiger partial charge < -0.3 is 9.84 Å². The van der Waals surface area contributed by atoms with Crippen LogP contribution in [-0.2, 0) is 14.3 Å². The first-order chi connectivity index (χ1) is 7.16. The number of carbonyl (C=O) groups excluding carboxylic acids is 1. The highest BCUT2D eigenvalue weighted by molar-refractivity contribution is 5.69. The van der Waals surface area contributed by atoms with Crippen molar-refractivity contribution in [1.82, 2.24) is 0 Å². The van der Waals surface area contributed by atoms with E-state index in [0.29, 0.717) is 19.4 Å². The maximum Gasteiger partial charge on any atom is 0.305 e. The van der Waals surface area contributed by atoms with Gasteiger partial charge in [-0.05, 0) is 19.3 Å². The van der Waals surface area contributed by atoms with Gasteiger partial charge in [-0.3, -0.25) is 9.59 Å². The summed E-state index contributed by atoms with van der Waals surface area (Å²) in [4.78, 5) is 21.2. The molecule has 0 amide bonds. The fraction of sp³-hybridized carbons (Fsp3) is 0.818. The van der Waals surface area contributed by atoms with Crippen LogP contribution >= 0.6 is 0 Å². The third-order valence-electron chi connectivity index (χ3n) is 1.99. The number of aliphatic carboxylic acids is 1. The number of carboxylic acid groups (broad SMARTS) is 1. The molecule has 0 heterocycles. The van der Waals surface area contributed by atoms with E-state index in [1.807, 2.05) is 6.92 Å². The second kappa shape index (κ2) is 9.49. The van der Waals surface area contributed by atoms with E-state index in [2.05, 4.69) is 0 Å². The molecule has 88 valence electrons. The van der Waals surface area contributed by atoms with Gasteiger partial charge in [0.1, 0.15) is 0 Å². The van der Waals surface area contributed by atoms with Gasteiger partial charge in [0, 0.05) is 12.8 Å². The number of rotatable bonds is 9. The Bertz CT molecular complexity index is 189. The van der Waals surface area contributed by atoms with Gasteiger partial charge in [0.25, 0.3) is 0 Å². The molecule has 0 rings (SSSR count). The van der Waals surface area contributed by atoms with Crippen molar-refractivity contribution in [1.29, 1.82) is 0 Å². The summed E-state index contributed by atoms with van der Waals surface area (Å²) in [5.41, 5.74) is 0. The van der Waals surface area contributed by atoms with E-state index >= 15 is 0 Å². The summed E-state index contributed by atoms with van der Waals surface area (Å²) >= 11 is 0. The summed E-state index contributed by atoms with van der Waals surface area (Å²) < 4.78 is 4.90. The van der Waals surface area contributed by atoms with Crippen molar-refractivity contribution in [2.24, 2.45) is 0 Å². The van der Waals surface area contributed by atoms with Crippen molar-refractivity contribution in [3.8, 4) is 0 Å². The van der Waals surface area contributed by atoms with Gasteiger partial charge in [0.15, 0.2) is 0 Å². The summed E-state index contributed by atoms with van der Waals surface area (Å²) in [6, 6.07) is 0. The quantitative estimate of drug-likeness (QED) is 0.474. The zero-order valence-corrected chi connectivity index (χ0v) is 9.33. The molecule has 0 radical (unpaired) electrons. The van der Waals surface area contributed by atoms with E-state index in [4.69, 9.17) is 9.84 Å². The summed E-state index contributed by atoms with van der Waals surface area (Å²) in [5, 5.41) is 8.38. The number of carboxylic acids is 1. The molecule has 15 heavy (non-hydrogen) atoms. The minimum atomic E-state index is -0.752. The zero-order chi connectivity index (χ0) is 11.5. The van der Waals surface area contributed by atoms with E-state index in [1.165, 1.54) is 0 Å². The van der Waals surface area contributed by atoms with E-state index in [1.54, 1.807) is 0 Å². The second-order valence-electron chi connectivity index (χ2n) is 3.53. The maximum atomic E-state index is 11.0. The topological polar surface area (TPSA) is 63.6 Å². The number of ether oxygens (including phenoxy) is 1. The molecule has 0 aromatic rings. The van der Waals surface area contributed by atoms with Gasteiger partial charge in [-0.1, -0.05) is 19.8 Å². The molecule has 0 saturated carbocycles. The first-order valence-corrected chi connectivity index (χ1v) is 5.54. The van der Waals surface area contributed by atoms with Gasteiger partial charge in [-0.2, -0.15) is 0 Å². The molecule has 0 bridgehead atoms. The average molecular weight is 216 g/mol. The summed E-state index contributed by atoms with van der Waals surface area (Å²) in [5.74, 6) is -0.896. The Morgan fingerprint density at radius 1 is 1.07 bits per heavy atom. The van der Waals surface area contributed by atoms with Gasteiger partial charge in [0.05, 0.1) is 6.61 Å². The van der Waals surface area contributed by atoms with Crippen molar-refractivity contribution < 1.29 is 19.4 Å². The Hall–Kier alpha value is -1.06. The fourth-order valence-electron chi connectivity index (χ4n) is 1.19. The Morgan fingerprint density at radius 2 is 1.67 bits per heavy atom. The molecule has 0 fully saturated rings. The van der Waals surface area contributed by atoms with Crippen LogP contribution in [0.1, 0.15) is 51.9 Å². The maximum absolute atomic E-state index is 11.0. The van der Waals surface area contributed by atoms with Crippen LogP contribution in [0.3, 0.4) is 0 Å². The molecule has 0 spiro atoms. The van der Waals surface area contributed by atoms with Crippen LogP contribution in [0.15, 0.2) is 0 Å². The van der Waals surface area contributed by atoms with E-state index < -0.39 is 5.97 Å². The van der Waals surface area contributed by atoms with E-state index in [0.717, 1.165) is 25.7 Å². The van der Waals surface area contributed by atoms with Crippen molar-refractivity contribution in [2.45, 2.75) is 51.9 Å². The first-order valence-electron chi connectivity index (χ1n) is 5.54. The lowest BCUT2D eigenvalue weighted by Crippen LogP contribution is -2.04. The van der Waals surface area contributed by atoms with E-state index in [9.17, 15) is 9.59 Å². The predicted octanol–water partition coefficient (Wildman–Crippen LogP) is 2.36. The summed E-state index contributed by atoms with van der Waals surface area (Å²) in [6.07, 6.45) is 4.78. The van der Waals surface area contributed by atoms with Gasteiger partial charge in [0.2, 0.25) is 0 Å². The monoisotopic (exact) mass is 216 g/mol. The minimum absolute atomic E-state index is 0.143. The SMILES string of the molecule is CCCOC(=O)CCCCCCC(=O)O. The Labute approximate surface area is 90.6 Å². The molecule has 0 unspecified atom stereocenters. The number of unbranched alkanes of at least 4 members (excludes halogenated alkanes) is 3. The fourth-order valence-corrected chi connectivity index (χ4v) is 1.19. The molecule has 4 nitrogen and oxygen atoms in total. The van der Waals surface area contributed by atoms with Gasteiger partial charge >= 0.3 is 11.9 Å². The van der Waals surface area contributed by atoms with Crippen LogP contribution in [0.4, 0.5) is 0 Å². The zero-order valence-electron chi connectivity index (χ0n) is 9.33. The van der Waals surface area contributed by atoms with Crippen LogP contribution in [0, 0.1) is 0 Å². The van der Waals surface area contributed by atoms with Crippen LogP contribution < -0.4 is 0 Å². The standard InChI is InChI=1S/C11H20O4/c1-2-9-15-11(14)8-6-4-3-5-7-10(12)13/h2-9H2,1H3,(H,12,13). The normalized spacial score (nSPS) is 9.93. The van der Waals surface area contributed by atoms with Crippen LogP contribution in [-0.4, -0.2) is 23.7 Å². The Balaban J connectivity index is 3.16. The number of hydrogen-bond donors (Lipinski definition) is 1. The van der Waals surface area contributed by atoms with E-state index in [-0.39, 0.29) is 12.4 Å². The molecule has 0 aromatic carbocycles. The average Bonchev–Trinajstić information content (AvgIpc) is 2.19. The highest BCUT2D eigenvalue weighted by Crippen LogP contribution is 2.06. The van der Waals surface area contributed by atoms with Crippen molar-refractivity contribution >= 4 is 11.9 Å². The molecule has 0 aromatic heterocycles.